The normalized spacial score (nSPS) is 11.0. The van der Waals surface area contributed by atoms with Crippen LogP contribution in [0.25, 0.3) is 0 Å². The SMILES string of the molecule is CC(C)(O)C(=O)c1ccc(COC(=O)c2ccccc2)cc1. The Morgan fingerprint density at radius 2 is 1.55 bits per heavy atom. The maximum atomic E-state index is 11.9. The van der Waals surface area contributed by atoms with Gasteiger partial charge in [-0.15, -0.1) is 0 Å². The van der Waals surface area contributed by atoms with Crippen LogP contribution in [-0.2, 0) is 11.3 Å². The molecule has 0 aliphatic rings. The molecule has 0 fully saturated rings. The van der Waals surface area contributed by atoms with E-state index in [9.17, 15) is 14.7 Å². The minimum Gasteiger partial charge on any atom is -0.457 e. The molecular weight excluding hydrogens is 280 g/mol. The molecule has 22 heavy (non-hydrogen) atoms. The highest BCUT2D eigenvalue weighted by atomic mass is 16.5. The van der Waals surface area contributed by atoms with Gasteiger partial charge in [-0.1, -0.05) is 42.5 Å². The van der Waals surface area contributed by atoms with Gasteiger partial charge < -0.3 is 9.84 Å². The van der Waals surface area contributed by atoms with E-state index in [0.29, 0.717) is 11.1 Å². The summed E-state index contributed by atoms with van der Waals surface area (Å²) in [7, 11) is 0. The van der Waals surface area contributed by atoms with Crippen molar-refractivity contribution in [2.24, 2.45) is 0 Å². The molecule has 0 saturated carbocycles. The highest BCUT2D eigenvalue weighted by Crippen LogP contribution is 2.14. The second kappa shape index (κ2) is 6.54. The Morgan fingerprint density at radius 1 is 0.955 bits per heavy atom. The second-order valence-corrected chi connectivity index (χ2v) is 5.53. The lowest BCUT2D eigenvalue weighted by Gasteiger charge is -2.15. The molecule has 0 aliphatic heterocycles. The first-order valence-corrected chi connectivity index (χ1v) is 6.96. The molecule has 114 valence electrons. The van der Waals surface area contributed by atoms with Gasteiger partial charge in [-0.2, -0.15) is 0 Å². The van der Waals surface area contributed by atoms with Crippen molar-refractivity contribution in [3.05, 3.63) is 71.3 Å². The molecule has 0 aromatic heterocycles. The molecule has 0 bridgehead atoms. The number of aliphatic hydroxyl groups is 1. The van der Waals surface area contributed by atoms with Crippen molar-refractivity contribution < 1.29 is 19.4 Å². The van der Waals surface area contributed by atoms with Crippen molar-refractivity contribution in [2.75, 3.05) is 0 Å². The molecule has 0 atom stereocenters. The number of hydrogen-bond acceptors (Lipinski definition) is 4. The van der Waals surface area contributed by atoms with Crippen molar-refractivity contribution in [1.82, 2.24) is 0 Å². The molecule has 4 heteroatoms. The van der Waals surface area contributed by atoms with E-state index in [1.54, 1.807) is 48.5 Å². The van der Waals surface area contributed by atoms with Crippen molar-refractivity contribution >= 4 is 11.8 Å². The van der Waals surface area contributed by atoms with Crippen LogP contribution in [0.15, 0.2) is 54.6 Å². The zero-order chi connectivity index (χ0) is 16.2. The van der Waals surface area contributed by atoms with Crippen LogP contribution in [0.5, 0.6) is 0 Å². The predicted octanol–water partition coefficient (Wildman–Crippen LogP) is 3.00. The van der Waals surface area contributed by atoms with Gasteiger partial charge in [-0.25, -0.2) is 4.79 Å². The maximum absolute atomic E-state index is 11.9. The molecule has 0 radical (unpaired) electrons. The van der Waals surface area contributed by atoms with Crippen LogP contribution in [0.3, 0.4) is 0 Å². The molecule has 0 saturated heterocycles. The third-order valence-electron chi connectivity index (χ3n) is 3.15. The fraction of sp³-hybridized carbons (Fsp3) is 0.222. The first-order valence-electron chi connectivity index (χ1n) is 6.96. The van der Waals surface area contributed by atoms with Crippen LogP contribution >= 0.6 is 0 Å². The van der Waals surface area contributed by atoms with Gasteiger partial charge in [0, 0.05) is 5.56 Å². The van der Waals surface area contributed by atoms with Gasteiger partial charge in [-0.05, 0) is 31.5 Å². The molecular formula is C18H18O4. The van der Waals surface area contributed by atoms with Gasteiger partial charge in [0.2, 0.25) is 0 Å². The molecule has 0 aliphatic carbocycles. The number of rotatable bonds is 5. The lowest BCUT2D eigenvalue weighted by molar-refractivity contribution is 0.0470. The molecule has 2 aromatic rings. The van der Waals surface area contributed by atoms with Crippen molar-refractivity contribution in [3.63, 3.8) is 0 Å². The molecule has 0 heterocycles. The summed E-state index contributed by atoms with van der Waals surface area (Å²) in [6, 6.07) is 15.4. The lowest BCUT2D eigenvalue weighted by Crippen LogP contribution is -2.31. The van der Waals surface area contributed by atoms with Gasteiger partial charge in [0.25, 0.3) is 0 Å². The van der Waals surface area contributed by atoms with Crippen LogP contribution in [0, 0.1) is 0 Å². The zero-order valence-corrected chi connectivity index (χ0v) is 12.6. The van der Waals surface area contributed by atoms with E-state index in [0.717, 1.165) is 5.56 Å². The first kappa shape index (κ1) is 15.9. The minimum absolute atomic E-state index is 0.130. The summed E-state index contributed by atoms with van der Waals surface area (Å²) in [5.74, 6) is -0.738. The summed E-state index contributed by atoms with van der Waals surface area (Å²) in [4.78, 5) is 23.7. The van der Waals surface area contributed by atoms with E-state index in [4.69, 9.17) is 4.74 Å². The monoisotopic (exact) mass is 298 g/mol. The number of Topliss-reactive ketones (excluding diaryl/α,β-unsaturated/α-hetero) is 1. The minimum atomic E-state index is -1.40. The van der Waals surface area contributed by atoms with Crippen LogP contribution in [0.4, 0.5) is 0 Å². The highest BCUT2D eigenvalue weighted by molar-refractivity contribution is 6.01. The van der Waals surface area contributed by atoms with Gasteiger partial charge in [-0.3, -0.25) is 4.79 Å². The van der Waals surface area contributed by atoms with E-state index >= 15 is 0 Å². The van der Waals surface area contributed by atoms with Crippen molar-refractivity contribution in [3.8, 4) is 0 Å². The van der Waals surface area contributed by atoms with E-state index in [-0.39, 0.29) is 12.4 Å². The number of carbonyl (C=O) groups is 2. The molecule has 0 spiro atoms. The Balaban J connectivity index is 1.98. The van der Waals surface area contributed by atoms with Crippen LogP contribution in [0.1, 0.15) is 40.1 Å². The molecule has 0 unspecified atom stereocenters. The third-order valence-corrected chi connectivity index (χ3v) is 3.15. The van der Waals surface area contributed by atoms with Crippen LogP contribution in [-0.4, -0.2) is 22.5 Å². The number of esters is 1. The zero-order valence-electron chi connectivity index (χ0n) is 12.6. The van der Waals surface area contributed by atoms with E-state index in [1.165, 1.54) is 13.8 Å². The van der Waals surface area contributed by atoms with E-state index in [2.05, 4.69) is 0 Å². The van der Waals surface area contributed by atoms with Crippen LogP contribution < -0.4 is 0 Å². The Kier molecular flexibility index (Phi) is 4.73. The fourth-order valence-corrected chi connectivity index (χ4v) is 1.91. The smallest absolute Gasteiger partial charge is 0.338 e. The average Bonchev–Trinajstić information content (AvgIpc) is 2.52. The Hall–Kier alpha value is -2.46. The number of ketones is 1. The van der Waals surface area contributed by atoms with Crippen LogP contribution in [0.2, 0.25) is 0 Å². The van der Waals surface area contributed by atoms with Crippen molar-refractivity contribution in [2.45, 2.75) is 26.1 Å². The molecule has 0 amide bonds. The topological polar surface area (TPSA) is 63.6 Å². The van der Waals surface area contributed by atoms with Gasteiger partial charge in [0.05, 0.1) is 5.56 Å². The second-order valence-electron chi connectivity index (χ2n) is 5.53. The fourth-order valence-electron chi connectivity index (χ4n) is 1.91. The molecule has 2 aromatic carbocycles. The summed E-state index contributed by atoms with van der Waals surface area (Å²) >= 11 is 0. The quantitative estimate of drug-likeness (QED) is 0.681. The van der Waals surface area contributed by atoms with Gasteiger partial charge in [0.15, 0.2) is 5.78 Å². The van der Waals surface area contributed by atoms with Gasteiger partial charge >= 0.3 is 5.97 Å². The highest BCUT2D eigenvalue weighted by Gasteiger charge is 2.24. The summed E-state index contributed by atoms with van der Waals surface area (Å²) < 4.78 is 5.21. The Morgan fingerprint density at radius 3 is 2.09 bits per heavy atom. The van der Waals surface area contributed by atoms with Gasteiger partial charge in [0.1, 0.15) is 12.2 Å². The standard InChI is InChI=1S/C18H18O4/c1-18(2,21)16(19)14-10-8-13(9-11-14)12-22-17(20)15-6-4-3-5-7-15/h3-11,21H,12H2,1-2H3. The summed E-state index contributed by atoms with van der Waals surface area (Å²) in [5, 5.41) is 9.69. The van der Waals surface area contributed by atoms with E-state index < -0.39 is 11.6 Å². The number of hydrogen-bond donors (Lipinski definition) is 1. The largest absolute Gasteiger partial charge is 0.457 e. The summed E-state index contributed by atoms with van der Waals surface area (Å²) in [6.07, 6.45) is 0. The third kappa shape index (κ3) is 4.02. The Bertz CT molecular complexity index is 652. The number of carbonyl (C=O) groups excluding carboxylic acids is 2. The first-order chi connectivity index (χ1) is 10.4. The average molecular weight is 298 g/mol. The predicted molar refractivity (Wildman–Crippen MR) is 82.6 cm³/mol. The van der Waals surface area contributed by atoms with E-state index in [1.807, 2.05) is 6.07 Å². The summed E-state index contributed by atoms with van der Waals surface area (Å²) in [6.45, 7) is 3.03. The summed E-state index contributed by atoms with van der Waals surface area (Å²) in [5.41, 5.74) is 0.292. The molecule has 4 nitrogen and oxygen atoms in total. The molecule has 1 N–H and O–H groups in total. The number of ether oxygens (including phenoxy) is 1. The maximum Gasteiger partial charge on any atom is 0.338 e. The van der Waals surface area contributed by atoms with Crippen molar-refractivity contribution in [1.29, 1.82) is 0 Å². The lowest BCUT2D eigenvalue weighted by atomic mass is 9.96. The number of benzene rings is 2. The Labute approximate surface area is 129 Å². The molecule has 2 rings (SSSR count).